The van der Waals surface area contributed by atoms with Crippen LogP contribution in [0.2, 0.25) is 5.02 Å². The van der Waals surface area contributed by atoms with Crippen LogP contribution in [-0.2, 0) is 22.7 Å². The second-order valence-corrected chi connectivity index (χ2v) is 9.30. The van der Waals surface area contributed by atoms with Crippen LogP contribution in [0.25, 0.3) is 0 Å². The molecule has 2 aromatic carbocycles. The molecule has 35 heavy (non-hydrogen) atoms. The summed E-state index contributed by atoms with van der Waals surface area (Å²) < 4.78 is 7.70. The first-order chi connectivity index (χ1) is 16.9. The van der Waals surface area contributed by atoms with Crippen LogP contribution < -0.4 is 4.74 Å². The van der Waals surface area contributed by atoms with Crippen molar-refractivity contribution in [2.24, 2.45) is 5.92 Å². The van der Waals surface area contributed by atoms with Crippen LogP contribution in [0.3, 0.4) is 0 Å². The minimum Gasteiger partial charge on any atom is -0.484 e. The fourth-order valence-corrected chi connectivity index (χ4v) is 4.04. The molecule has 7 heteroatoms. The Bertz CT molecular complexity index is 1100. The molecule has 0 fully saturated rings. The van der Waals surface area contributed by atoms with Crippen LogP contribution in [0.1, 0.15) is 32.0 Å². The van der Waals surface area contributed by atoms with Crippen LogP contribution in [0.15, 0.2) is 72.9 Å². The summed E-state index contributed by atoms with van der Waals surface area (Å²) in [6.45, 7) is 8.07. The van der Waals surface area contributed by atoms with Gasteiger partial charge < -0.3 is 19.1 Å². The highest BCUT2D eigenvalue weighted by molar-refractivity contribution is 6.31. The van der Waals surface area contributed by atoms with Crippen LogP contribution in [-0.4, -0.2) is 52.4 Å². The Labute approximate surface area is 213 Å². The van der Waals surface area contributed by atoms with Crippen molar-refractivity contribution in [2.75, 3.05) is 26.2 Å². The molecule has 3 aromatic rings. The molecule has 0 aliphatic rings. The van der Waals surface area contributed by atoms with E-state index in [1.54, 1.807) is 17.0 Å². The Morgan fingerprint density at radius 3 is 2.34 bits per heavy atom. The summed E-state index contributed by atoms with van der Waals surface area (Å²) in [5.41, 5.74) is 2.04. The zero-order valence-corrected chi connectivity index (χ0v) is 21.4. The molecule has 0 unspecified atom stereocenters. The number of hydrogen-bond acceptors (Lipinski definition) is 3. The number of aromatic nitrogens is 1. The summed E-state index contributed by atoms with van der Waals surface area (Å²) in [7, 11) is 0. The Morgan fingerprint density at radius 2 is 1.66 bits per heavy atom. The zero-order valence-electron chi connectivity index (χ0n) is 20.7. The normalized spacial score (nSPS) is 10.9. The lowest BCUT2D eigenvalue weighted by atomic mass is 10.2. The number of para-hydroxylation sites is 1. The molecule has 0 saturated heterocycles. The van der Waals surface area contributed by atoms with Gasteiger partial charge in [-0.05, 0) is 48.7 Å². The van der Waals surface area contributed by atoms with Crippen molar-refractivity contribution in [3.8, 4) is 5.75 Å². The van der Waals surface area contributed by atoms with Crippen molar-refractivity contribution in [3.05, 3.63) is 89.2 Å². The summed E-state index contributed by atoms with van der Waals surface area (Å²) in [4.78, 5) is 29.5. The number of ether oxygens (including phenoxy) is 1. The highest BCUT2D eigenvalue weighted by Gasteiger charge is 2.22. The number of carbonyl (C=O) groups excluding carboxylic acids is 2. The third kappa shape index (κ3) is 7.89. The summed E-state index contributed by atoms with van der Waals surface area (Å²) in [5, 5.41) is 0.720. The molecule has 6 nitrogen and oxygen atoms in total. The smallest absolute Gasteiger partial charge is 0.260 e. The van der Waals surface area contributed by atoms with Gasteiger partial charge in [-0.2, -0.15) is 0 Å². The number of likely N-dealkylation sites (N-methyl/N-ethyl adjacent to an activating group) is 1. The molecular formula is C28H34ClN3O3. The topological polar surface area (TPSA) is 54.8 Å². The minimum atomic E-state index is -0.212. The zero-order chi connectivity index (χ0) is 25.2. The van der Waals surface area contributed by atoms with Crippen LogP contribution in [0.5, 0.6) is 5.75 Å². The van der Waals surface area contributed by atoms with Crippen molar-refractivity contribution in [1.82, 2.24) is 14.4 Å². The molecule has 2 amide bonds. The monoisotopic (exact) mass is 495 g/mol. The Balaban J connectivity index is 1.66. The van der Waals surface area contributed by atoms with E-state index in [9.17, 15) is 9.59 Å². The molecule has 1 aromatic heterocycles. The minimum absolute atomic E-state index is 0.0193. The summed E-state index contributed by atoms with van der Waals surface area (Å²) in [6, 6.07) is 21.0. The first-order valence-electron chi connectivity index (χ1n) is 12.0. The number of halogens is 1. The van der Waals surface area contributed by atoms with E-state index < -0.39 is 0 Å². The predicted octanol–water partition coefficient (Wildman–Crippen LogP) is 5.10. The maximum absolute atomic E-state index is 13.3. The van der Waals surface area contributed by atoms with E-state index in [4.69, 9.17) is 16.3 Å². The van der Waals surface area contributed by atoms with Gasteiger partial charge in [0.05, 0.1) is 13.1 Å². The standard InChI is InChI=1S/C28H34ClN3O3/c1-4-30(28(34)21-35-25-13-6-5-7-14-25)20-27(33)32(17-22(2)3)19-24-12-10-16-31(24)18-23-11-8-9-15-26(23)29/h5-16,22H,4,17-21H2,1-3H3. The summed E-state index contributed by atoms with van der Waals surface area (Å²) in [5.74, 6) is 0.623. The maximum Gasteiger partial charge on any atom is 0.260 e. The molecular weight excluding hydrogens is 462 g/mol. The fraction of sp³-hybridized carbons (Fsp3) is 0.357. The quantitative estimate of drug-likeness (QED) is 0.351. The average Bonchev–Trinajstić information content (AvgIpc) is 3.28. The number of rotatable bonds is 12. The first-order valence-corrected chi connectivity index (χ1v) is 12.4. The molecule has 0 N–H and O–H groups in total. The molecule has 186 valence electrons. The van der Waals surface area contributed by atoms with Crippen molar-refractivity contribution in [1.29, 1.82) is 0 Å². The van der Waals surface area contributed by atoms with Crippen LogP contribution in [0.4, 0.5) is 0 Å². The number of carbonyl (C=O) groups is 2. The van der Waals surface area contributed by atoms with E-state index >= 15 is 0 Å². The molecule has 3 rings (SSSR count). The third-order valence-corrected chi connectivity index (χ3v) is 6.05. The number of benzene rings is 2. The highest BCUT2D eigenvalue weighted by atomic mass is 35.5. The number of amides is 2. The van der Waals surface area contributed by atoms with Gasteiger partial charge in [-0.3, -0.25) is 9.59 Å². The van der Waals surface area contributed by atoms with Gasteiger partial charge in [0.15, 0.2) is 6.61 Å². The second-order valence-electron chi connectivity index (χ2n) is 8.90. The molecule has 0 saturated carbocycles. The van der Waals surface area contributed by atoms with Gasteiger partial charge in [-0.1, -0.05) is 61.8 Å². The van der Waals surface area contributed by atoms with Gasteiger partial charge in [0.1, 0.15) is 5.75 Å². The van der Waals surface area contributed by atoms with Gasteiger partial charge in [0, 0.05) is 36.5 Å². The molecule has 0 aliphatic heterocycles. The molecule has 0 radical (unpaired) electrons. The summed E-state index contributed by atoms with van der Waals surface area (Å²) >= 11 is 6.36. The van der Waals surface area contributed by atoms with E-state index in [1.807, 2.05) is 72.6 Å². The predicted molar refractivity (Wildman–Crippen MR) is 139 cm³/mol. The van der Waals surface area contributed by atoms with E-state index in [2.05, 4.69) is 18.4 Å². The lowest BCUT2D eigenvalue weighted by molar-refractivity contribution is -0.142. The van der Waals surface area contributed by atoms with Crippen LogP contribution >= 0.6 is 11.6 Å². The largest absolute Gasteiger partial charge is 0.484 e. The summed E-state index contributed by atoms with van der Waals surface area (Å²) in [6.07, 6.45) is 2.00. The van der Waals surface area contributed by atoms with Crippen molar-refractivity contribution in [3.63, 3.8) is 0 Å². The van der Waals surface area contributed by atoms with E-state index in [0.717, 1.165) is 16.3 Å². The fourth-order valence-electron chi connectivity index (χ4n) is 3.84. The molecule has 0 spiro atoms. The van der Waals surface area contributed by atoms with Crippen molar-refractivity contribution in [2.45, 2.75) is 33.9 Å². The number of nitrogens with zero attached hydrogens (tertiary/aromatic N) is 3. The Kier molecular flexibility index (Phi) is 9.79. The Hall–Kier alpha value is -3.25. The highest BCUT2D eigenvalue weighted by Crippen LogP contribution is 2.18. The van der Waals surface area contributed by atoms with Crippen molar-refractivity contribution < 1.29 is 14.3 Å². The van der Waals surface area contributed by atoms with Gasteiger partial charge in [0.25, 0.3) is 5.91 Å². The Morgan fingerprint density at radius 1 is 0.943 bits per heavy atom. The van der Waals surface area contributed by atoms with Gasteiger partial charge >= 0.3 is 0 Å². The van der Waals surface area contributed by atoms with Gasteiger partial charge in [0.2, 0.25) is 5.91 Å². The molecule has 1 heterocycles. The number of hydrogen-bond donors (Lipinski definition) is 0. The molecule has 0 aliphatic carbocycles. The maximum atomic E-state index is 13.3. The second kappa shape index (κ2) is 13.0. The van der Waals surface area contributed by atoms with Gasteiger partial charge in [-0.25, -0.2) is 0 Å². The molecule has 0 atom stereocenters. The lowest BCUT2D eigenvalue weighted by Crippen LogP contribution is -2.45. The van der Waals surface area contributed by atoms with E-state index in [1.165, 1.54) is 0 Å². The van der Waals surface area contributed by atoms with Crippen LogP contribution in [0, 0.1) is 5.92 Å². The van der Waals surface area contributed by atoms with E-state index in [0.29, 0.717) is 31.9 Å². The third-order valence-electron chi connectivity index (χ3n) is 5.68. The average molecular weight is 496 g/mol. The van der Waals surface area contributed by atoms with Gasteiger partial charge in [-0.15, -0.1) is 0 Å². The lowest BCUT2D eigenvalue weighted by Gasteiger charge is -2.29. The van der Waals surface area contributed by atoms with E-state index in [-0.39, 0.29) is 30.9 Å². The molecule has 0 bridgehead atoms. The van der Waals surface area contributed by atoms with Crippen molar-refractivity contribution >= 4 is 23.4 Å². The SMILES string of the molecule is CCN(CC(=O)N(Cc1cccn1Cc1ccccc1Cl)CC(C)C)C(=O)COc1ccccc1. The first kappa shape index (κ1) is 26.4.